The lowest BCUT2D eigenvalue weighted by Gasteiger charge is -2.30. The van der Waals surface area contributed by atoms with Gasteiger partial charge < -0.3 is 14.1 Å². The van der Waals surface area contributed by atoms with Crippen LogP contribution in [-0.2, 0) is 23.5 Å². The van der Waals surface area contributed by atoms with Gasteiger partial charge in [0.15, 0.2) is 0 Å². The number of nitrogens with one attached hydrogen (secondary N) is 1. The molecule has 0 amide bonds. The Morgan fingerprint density at radius 3 is 2.71 bits per heavy atom. The second-order valence-corrected chi connectivity index (χ2v) is 11.9. The first-order chi connectivity index (χ1) is 18.2. The Kier molecular flexibility index (Phi) is 7.05. The molecule has 200 valence electrons. The zero-order valence-corrected chi connectivity index (χ0v) is 22.4. The molecule has 8 nitrogen and oxygen atoms in total. The van der Waals surface area contributed by atoms with Gasteiger partial charge in [-0.3, -0.25) is 4.72 Å². The minimum atomic E-state index is -3.89. The van der Waals surface area contributed by atoms with Crippen LogP contribution < -0.4 is 10.3 Å². The van der Waals surface area contributed by atoms with Crippen molar-refractivity contribution in [2.75, 3.05) is 4.72 Å². The summed E-state index contributed by atoms with van der Waals surface area (Å²) in [5.41, 5.74) is 0.815. The van der Waals surface area contributed by atoms with Crippen molar-refractivity contribution in [3.8, 4) is 5.75 Å². The maximum atomic E-state index is 13.2. The number of aromatic hydroxyl groups is 1. The summed E-state index contributed by atoms with van der Waals surface area (Å²) in [5, 5.41) is 10.9. The molecule has 2 aromatic heterocycles. The molecule has 0 radical (unpaired) electrons. The topological polar surface area (TPSA) is 114 Å². The lowest BCUT2D eigenvalue weighted by molar-refractivity contribution is 0.318. The van der Waals surface area contributed by atoms with Crippen molar-refractivity contribution >= 4 is 15.7 Å². The van der Waals surface area contributed by atoms with Crippen molar-refractivity contribution in [3.05, 3.63) is 94.3 Å². The van der Waals surface area contributed by atoms with E-state index in [4.69, 9.17) is 4.42 Å². The zero-order valence-electron chi connectivity index (χ0n) is 21.6. The van der Waals surface area contributed by atoms with E-state index in [0.29, 0.717) is 17.9 Å². The van der Waals surface area contributed by atoms with Crippen LogP contribution in [0, 0.1) is 11.3 Å². The molecule has 38 heavy (non-hydrogen) atoms. The predicted octanol–water partition coefficient (Wildman–Crippen LogP) is 5.27. The van der Waals surface area contributed by atoms with Gasteiger partial charge in [0.2, 0.25) is 5.16 Å². The minimum Gasteiger partial charge on any atom is -0.507 e. The predicted molar refractivity (Wildman–Crippen MR) is 146 cm³/mol. The van der Waals surface area contributed by atoms with Crippen LogP contribution in [0.2, 0.25) is 0 Å². The molecule has 2 N–H and O–H groups in total. The van der Waals surface area contributed by atoms with Crippen molar-refractivity contribution in [3.63, 3.8) is 0 Å². The Bertz CT molecular complexity index is 1550. The number of hydrogen-bond donors (Lipinski definition) is 2. The van der Waals surface area contributed by atoms with E-state index in [1.54, 1.807) is 37.5 Å². The van der Waals surface area contributed by atoms with E-state index in [1.807, 2.05) is 12.1 Å². The van der Waals surface area contributed by atoms with Crippen molar-refractivity contribution in [2.45, 2.75) is 56.5 Å². The Morgan fingerprint density at radius 2 is 2.08 bits per heavy atom. The van der Waals surface area contributed by atoms with E-state index in [9.17, 15) is 18.3 Å². The standard InChI is InChI=1S/C29H33N3O5S/c1-3-29(13-5-4-6-14-29)15-12-23-19-24(33)26(27(34)37-23)25(20-10-11-20)21-8-7-9-22(18-21)31-38(35,36)28-30-16-17-32(28)2/h4-9,13,16-20,25,31,33H,3,10-12,14-15H2,1-2H3/t25?,29-/m0/s1. The molecular weight excluding hydrogens is 502 g/mol. The van der Waals surface area contributed by atoms with Gasteiger partial charge in [-0.2, -0.15) is 8.42 Å². The number of benzene rings is 1. The van der Waals surface area contributed by atoms with Crippen LogP contribution in [0.25, 0.3) is 0 Å². The van der Waals surface area contributed by atoms with Crippen molar-refractivity contribution < 1.29 is 17.9 Å². The van der Waals surface area contributed by atoms with Gasteiger partial charge in [0.25, 0.3) is 10.0 Å². The third-order valence-electron chi connectivity index (χ3n) is 7.73. The normalized spacial score (nSPS) is 19.9. The molecule has 5 rings (SSSR count). The number of rotatable bonds is 10. The van der Waals surface area contributed by atoms with Crippen LogP contribution in [0.3, 0.4) is 0 Å². The van der Waals surface area contributed by atoms with E-state index < -0.39 is 21.6 Å². The molecule has 0 aliphatic heterocycles. The molecule has 0 saturated heterocycles. The number of aromatic nitrogens is 2. The molecule has 1 fully saturated rings. The number of nitrogens with zero attached hydrogens (tertiary/aromatic N) is 2. The number of imidazole rings is 1. The first-order valence-electron chi connectivity index (χ1n) is 13.0. The first kappa shape index (κ1) is 26.0. The maximum Gasteiger partial charge on any atom is 0.343 e. The van der Waals surface area contributed by atoms with Gasteiger partial charge in [-0.25, -0.2) is 9.78 Å². The number of aryl methyl sites for hydroxylation is 2. The van der Waals surface area contributed by atoms with Gasteiger partial charge in [-0.05, 0) is 61.1 Å². The Balaban J connectivity index is 1.41. The molecule has 0 spiro atoms. The van der Waals surface area contributed by atoms with Gasteiger partial charge in [0.1, 0.15) is 11.5 Å². The fourth-order valence-electron chi connectivity index (χ4n) is 5.36. The summed E-state index contributed by atoms with van der Waals surface area (Å²) in [5.74, 6) is 0.166. The van der Waals surface area contributed by atoms with Gasteiger partial charge in [-0.1, -0.05) is 43.4 Å². The van der Waals surface area contributed by atoms with E-state index in [2.05, 4.69) is 34.9 Å². The second-order valence-electron chi connectivity index (χ2n) is 10.4. The summed E-state index contributed by atoms with van der Waals surface area (Å²) in [6.45, 7) is 2.16. The molecule has 1 aromatic carbocycles. The van der Waals surface area contributed by atoms with Gasteiger partial charge in [0.05, 0.1) is 5.56 Å². The second kappa shape index (κ2) is 10.3. The Morgan fingerprint density at radius 1 is 1.26 bits per heavy atom. The Labute approximate surface area is 222 Å². The van der Waals surface area contributed by atoms with Crippen LogP contribution in [0.4, 0.5) is 5.69 Å². The molecule has 9 heteroatoms. The lowest BCUT2D eigenvalue weighted by atomic mass is 9.75. The van der Waals surface area contributed by atoms with E-state index in [0.717, 1.165) is 37.7 Å². The molecule has 1 unspecified atom stereocenters. The highest BCUT2D eigenvalue weighted by Crippen LogP contribution is 2.48. The molecule has 2 atom stereocenters. The van der Waals surface area contributed by atoms with Crippen LogP contribution in [0.15, 0.2) is 81.4 Å². The minimum absolute atomic E-state index is 0.0286. The monoisotopic (exact) mass is 535 g/mol. The van der Waals surface area contributed by atoms with Crippen LogP contribution in [0.1, 0.15) is 61.8 Å². The van der Waals surface area contributed by atoms with E-state index in [1.165, 1.54) is 10.8 Å². The number of hydrogen-bond acceptors (Lipinski definition) is 6. The zero-order chi connectivity index (χ0) is 26.9. The summed E-state index contributed by atoms with van der Waals surface area (Å²) in [4.78, 5) is 17.2. The summed E-state index contributed by atoms with van der Waals surface area (Å²) < 4.78 is 35.4. The molecule has 2 aliphatic rings. The molecule has 2 heterocycles. The Hall–Kier alpha value is -3.59. The molecular formula is C29H33N3O5S. The van der Waals surface area contributed by atoms with Crippen molar-refractivity contribution in [1.82, 2.24) is 9.55 Å². The SMILES string of the molecule is CC[C@]1(CCc2cc(O)c(C(c3cccc(NS(=O)(=O)c4nccn4C)c3)C3CC3)c(=O)o2)C=CC=CC1. The third-order valence-corrected chi connectivity index (χ3v) is 9.11. The average molecular weight is 536 g/mol. The van der Waals surface area contributed by atoms with E-state index >= 15 is 0 Å². The fourth-order valence-corrected chi connectivity index (χ4v) is 6.53. The lowest BCUT2D eigenvalue weighted by Crippen LogP contribution is -2.20. The number of sulfonamides is 1. The summed E-state index contributed by atoms with van der Waals surface area (Å²) in [6.07, 6.45) is 16.6. The third kappa shape index (κ3) is 5.34. The molecule has 0 bridgehead atoms. The number of allylic oxidation sites excluding steroid dienone is 4. The summed E-state index contributed by atoms with van der Waals surface area (Å²) in [7, 11) is -2.29. The fraction of sp³-hybridized carbons (Fsp3) is 0.379. The summed E-state index contributed by atoms with van der Waals surface area (Å²) >= 11 is 0. The quantitative estimate of drug-likeness (QED) is 0.366. The highest BCUT2D eigenvalue weighted by Gasteiger charge is 2.38. The van der Waals surface area contributed by atoms with Crippen molar-refractivity contribution in [2.24, 2.45) is 18.4 Å². The highest BCUT2D eigenvalue weighted by atomic mass is 32.2. The number of anilines is 1. The largest absolute Gasteiger partial charge is 0.507 e. The maximum absolute atomic E-state index is 13.2. The van der Waals surface area contributed by atoms with Crippen LogP contribution in [-0.4, -0.2) is 23.1 Å². The first-order valence-corrected chi connectivity index (χ1v) is 14.5. The van der Waals surface area contributed by atoms with Gasteiger partial charge >= 0.3 is 5.63 Å². The van der Waals surface area contributed by atoms with Crippen molar-refractivity contribution in [1.29, 1.82) is 0 Å². The van der Waals surface area contributed by atoms with E-state index in [-0.39, 0.29) is 27.8 Å². The van der Waals surface area contributed by atoms with Crippen LogP contribution >= 0.6 is 0 Å². The highest BCUT2D eigenvalue weighted by molar-refractivity contribution is 7.92. The molecule has 1 saturated carbocycles. The average Bonchev–Trinajstić information content (AvgIpc) is 3.63. The van der Waals surface area contributed by atoms with Gasteiger partial charge in [-0.15, -0.1) is 0 Å². The van der Waals surface area contributed by atoms with Gasteiger partial charge in [0, 0.05) is 43.5 Å². The summed E-state index contributed by atoms with van der Waals surface area (Å²) in [6, 6.07) is 8.53. The molecule has 2 aliphatic carbocycles. The smallest absolute Gasteiger partial charge is 0.343 e. The molecule has 3 aromatic rings. The van der Waals surface area contributed by atoms with Crippen LogP contribution in [0.5, 0.6) is 5.75 Å².